The van der Waals surface area contributed by atoms with Crippen LogP contribution in [0.2, 0.25) is 10.0 Å². The molecule has 11 heteroatoms. The van der Waals surface area contributed by atoms with Gasteiger partial charge in [0.25, 0.3) is 10.0 Å². The van der Waals surface area contributed by atoms with Crippen molar-refractivity contribution in [2.24, 2.45) is 0 Å². The number of carbonyl (C=O) groups is 2. The van der Waals surface area contributed by atoms with Crippen LogP contribution in [0.3, 0.4) is 0 Å². The van der Waals surface area contributed by atoms with Gasteiger partial charge in [0.15, 0.2) is 0 Å². The van der Waals surface area contributed by atoms with Gasteiger partial charge in [0, 0.05) is 24.6 Å². The van der Waals surface area contributed by atoms with Crippen LogP contribution in [-0.4, -0.2) is 43.8 Å². The van der Waals surface area contributed by atoms with E-state index in [1.807, 2.05) is 44.2 Å². The highest BCUT2D eigenvalue weighted by Crippen LogP contribution is 2.35. The van der Waals surface area contributed by atoms with Gasteiger partial charge in [0.2, 0.25) is 11.8 Å². The summed E-state index contributed by atoms with van der Waals surface area (Å²) in [6.07, 6.45) is 0.744. The first-order valence-corrected chi connectivity index (χ1v) is 16.6. The molecule has 0 unspecified atom stereocenters. The molecule has 236 valence electrons. The highest BCUT2D eigenvalue weighted by Gasteiger charge is 2.36. The molecule has 4 rings (SSSR count). The minimum Gasteiger partial charge on any atom is -0.352 e. The number of benzene rings is 4. The fourth-order valence-corrected chi connectivity index (χ4v) is 6.62. The molecule has 0 fully saturated rings. The second-order valence-corrected chi connectivity index (χ2v) is 13.2. The van der Waals surface area contributed by atoms with Gasteiger partial charge in [0.1, 0.15) is 18.4 Å². The second-order valence-electron chi connectivity index (χ2n) is 10.5. The van der Waals surface area contributed by atoms with Gasteiger partial charge in [-0.1, -0.05) is 103 Å². The summed E-state index contributed by atoms with van der Waals surface area (Å²) in [7, 11) is -4.36. The van der Waals surface area contributed by atoms with E-state index in [1.165, 1.54) is 53.4 Å². The topological polar surface area (TPSA) is 86.8 Å². The van der Waals surface area contributed by atoms with E-state index in [9.17, 15) is 18.0 Å². The lowest BCUT2D eigenvalue weighted by atomic mass is 10.0. The predicted molar refractivity (Wildman–Crippen MR) is 176 cm³/mol. The van der Waals surface area contributed by atoms with Gasteiger partial charge in [0.05, 0.1) is 20.6 Å². The van der Waals surface area contributed by atoms with Crippen molar-refractivity contribution in [2.75, 3.05) is 10.8 Å². The van der Waals surface area contributed by atoms with E-state index in [0.29, 0.717) is 6.42 Å². The van der Waals surface area contributed by atoms with Crippen molar-refractivity contribution in [1.82, 2.24) is 10.2 Å². The van der Waals surface area contributed by atoms with Gasteiger partial charge in [-0.2, -0.15) is 0 Å². The highest BCUT2D eigenvalue weighted by atomic mass is 35.5. The lowest BCUT2D eigenvalue weighted by Gasteiger charge is -2.34. The number of anilines is 1. The lowest BCUT2D eigenvalue weighted by molar-refractivity contribution is -0.140. The van der Waals surface area contributed by atoms with Crippen LogP contribution < -0.4 is 9.62 Å². The average Bonchev–Trinajstić information content (AvgIpc) is 3.04. The van der Waals surface area contributed by atoms with Crippen LogP contribution in [0.1, 0.15) is 31.4 Å². The van der Waals surface area contributed by atoms with Crippen LogP contribution in [0.25, 0.3) is 0 Å². The molecule has 0 aliphatic heterocycles. The van der Waals surface area contributed by atoms with Gasteiger partial charge in [-0.05, 0) is 49.2 Å². The van der Waals surface area contributed by atoms with E-state index < -0.39 is 40.2 Å². The maximum atomic E-state index is 15.0. The largest absolute Gasteiger partial charge is 0.352 e. The minimum absolute atomic E-state index is 0.0177. The Labute approximate surface area is 273 Å². The summed E-state index contributed by atoms with van der Waals surface area (Å²) in [5, 5.41) is 2.97. The Morgan fingerprint density at radius 1 is 0.867 bits per heavy atom. The molecule has 2 amide bonds. The van der Waals surface area contributed by atoms with Crippen LogP contribution in [0, 0.1) is 5.82 Å². The average molecular weight is 671 g/mol. The Balaban J connectivity index is 1.84. The zero-order valence-electron chi connectivity index (χ0n) is 24.9. The number of nitrogens with one attached hydrogen (secondary N) is 1. The first-order chi connectivity index (χ1) is 21.5. The number of hydrogen-bond acceptors (Lipinski definition) is 4. The molecule has 4 aromatic rings. The number of sulfonamides is 1. The number of carbonyl (C=O) groups excluding carboxylic acids is 2. The molecule has 45 heavy (non-hydrogen) atoms. The van der Waals surface area contributed by atoms with Crippen LogP contribution >= 0.6 is 23.2 Å². The molecular weight excluding hydrogens is 636 g/mol. The summed E-state index contributed by atoms with van der Waals surface area (Å²) in [6.45, 7) is 2.73. The molecule has 0 aliphatic rings. The van der Waals surface area contributed by atoms with E-state index in [2.05, 4.69) is 5.32 Å². The Morgan fingerprint density at radius 3 is 2.13 bits per heavy atom. The van der Waals surface area contributed by atoms with Crippen LogP contribution in [-0.2, 0) is 32.6 Å². The maximum absolute atomic E-state index is 15.0. The first-order valence-electron chi connectivity index (χ1n) is 14.4. The van der Waals surface area contributed by atoms with E-state index in [0.717, 1.165) is 9.87 Å². The van der Waals surface area contributed by atoms with Crippen molar-refractivity contribution < 1.29 is 22.4 Å². The predicted octanol–water partition coefficient (Wildman–Crippen LogP) is 6.88. The molecular formula is C34H34Cl2FN3O4S. The maximum Gasteiger partial charge on any atom is 0.264 e. The summed E-state index contributed by atoms with van der Waals surface area (Å²) >= 11 is 12.8. The van der Waals surface area contributed by atoms with Gasteiger partial charge in [-0.15, -0.1) is 0 Å². The van der Waals surface area contributed by atoms with Crippen LogP contribution in [0.4, 0.5) is 10.1 Å². The third-order valence-electron chi connectivity index (χ3n) is 7.38. The van der Waals surface area contributed by atoms with Crippen molar-refractivity contribution in [3.8, 4) is 0 Å². The number of amides is 2. The molecule has 0 aliphatic carbocycles. The zero-order valence-corrected chi connectivity index (χ0v) is 27.2. The van der Waals surface area contributed by atoms with Crippen LogP contribution in [0.5, 0.6) is 0 Å². The molecule has 0 saturated heterocycles. The summed E-state index contributed by atoms with van der Waals surface area (Å²) in [5.74, 6) is -1.76. The monoisotopic (exact) mass is 669 g/mol. The molecule has 1 N–H and O–H groups in total. The van der Waals surface area contributed by atoms with Crippen molar-refractivity contribution in [3.63, 3.8) is 0 Å². The van der Waals surface area contributed by atoms with Crippen molar-refractivity contribution in [1.29, 1.82) is 0 Å². The number of hydrogen-bond donors (Lipinski definition) is 1. The minimum atomic E-state index is -4.36. The van der Waals surface area contributed by atoms with Gasteiger partial charge in [-0.3, -0.25) is 13.9 Å². The molecule has 0 heterocycles. The number of halogens is 3. The van der Waals surface area contributed by atoms with Crippen molar-refractivity contribution >= 4 is 50.7 Å². The van der Waals surface area contributed by atoms with E-state index >= 15 is 4.39 Å². The molecule has 0 saturated carbocycles. The first kappa shape index (κ1) is 34.0. The van der Waals surface area contributed by atoms with Crippen molar-refractivity contribution in [3.05, 3.63) is 130 Å². The SMILES string of the molecule is CC[C@H](C)NC(=O)[C@@H](Cc1ccccc1)N(Cc1ccccc1F)C(=O)CN(c1cccc(Cl)c1Cl)S(=O)(=O)c1ccccc1. The van der Waals surface area contributed by atoms with Crippen LogP contribution in [0.15, 0.2) is 108 Å². The fourth-order valence-electron chi connectivity index (χ4n) is 4.72. The second kappa shape index (κ2) is 15.4. The lowest BCUT2D eigenvalue weighted by Crippen LogP contribution is -2.54. The molecule has 0 aromatic heterocycles. The van der Waals surface area contributed by atoms with Gasteiger partial charge >= 0.3 is 0 Å². The third kappa shape index (κ3) is 8.42. The van der Waals surface area contributed by atoms with Crippen molar-refractivity contribution in [2.45, 2.75) is 50.2 Å². The molecule has 0 spiro atoms. The molecule has 0 bridgehead atoms. The normalized spacial score (nSPS) is 12.6. The molecule has 0 radical (unpaired) electrons. The summed E-state index contributed by atoms with van der Waals surface area (Å²) in [6, 6.07) is 25.8. The Kier molecular flexibility index (Phi) is 11.6. The van der Waals surface area contributed by atoms with E-state index in [-0.39, 0.29) is 45.2 Å². The van der Waals surface area contributed by atoms with E-state index in [4.69, 9.17) is 23.2 Å². The Bertz CT molecular complexity index is 1730. The molecule has 7 nitrogen and oxygen atoms in total. The number of nitrogens with zero attached hydrogens (tertiary/aromatic N) is 2. The Morgan fingerprint density at radius 2 is 1.49 bits per heavy atom. The smallest absolute Gasteiger partial charge is 0.264 e. The molecule has 2 atom stereocenters. The highest BCUT2D eigenvalue weighted by molar-refractivity contribution is 7.92. The Hall–Kier alpha value is -3.92. The summed E-state index contributed by atoms with van der Waals surface area (Å²) in [4.78, 5) is 29.4. The molecule has 4 aromatic carbocycles. The fraction of sp³-hybridized carbons (Fsp3) is 0.235. The summed E-state index contributed by atoms with van der Waals surface area (Å²) < 4.78 is 44.0. The summed E-state index contributed by atoms with van der Waals surface area (Å²) in [5.41, 5.74) is 0.911. The zero-order chi connectivity index (χ0) is 32.6. The van der Waals surface area contributed by atoms with E-state index in [1.54, 1.807) is 24.3 Å². The number of rotatable bonds is 13. The quantitative estimate of drug-likeness (QED) is 0.168. The van der Waals surface area contributed by atoms with Gasteiger partial charge < -0.3 is 10.2 Å². The standard InChI is InChI=1S/C34H34Cl2FN3O4S/c1-3-24(2)38-34(42)31(21-25-13-6-4-7-14-25)39(22-26-15-10-11-19-29(26)37)32(41)23-40(30-20-12-18-28(35)33(30)36)45(43,44)27-16-8-5-9-17-27/h4-20,24,31H,3,21-23H2,1-2H3,(H,38,42)/t24-,31+/m0/s1. The van der Waals surface area contributed by atoms with Gasteiger partial charge in [-0.25, -0.2) is 12.8 Å². The third-order valence-corrected chi connectivity index (χ3v) is 9.96.